The van der Waals surface area contributed by atoms with Crippen molar-refractivity contribution in [2.24, 2.45) is 0 Å². The lowest BCUT2D eigenvalue weighted by molar-refractivity contribution is -0.139. The summed E-state index contributed by atoms with van der Waals surface area (Å²) in [5.41, 5.74) is 0.357. The molecular weight excluding hydrogens is 339 g/mol. The molecule has 0 heterocycles. The van der Waals surface area contributed by atoms with Crippen LogP contribution < -0.4 is 10.6 Å². The third kappa shape index (κ3) is 5.06. The van der Waals surface area contributed by atoms with Crippen LogP contribution in [0.3, 0.4) is 0 Å². The third-order valence-electron chi connectivity index (χ3n) is 2.20. The first kappa shape index (κ1) is 15.7. The highest BCUT2D eigenvalue weighted by Gasteiger charge is 2.19. The zero-order valence-electron chi connectivity index (χ0n) is 9.69. The van der Waals surface area contributed by atoms with Gasteiger partial charge in [-0.2, -0.15) is 0 Å². The Morgan fingerprint density at radius 1 is 1.42 bits per heavy atom. The van der Waals surface area contributed by atoms with Crippen molar-refractivity contribution in [2.75, 3.05) is 11.9 Å². The number of carboxylic acid groups (broad SMARTS) is 1. The van der Waals surface area contributed by atoms with Crippen LogP contribution in [-0.4, -0.2) is 34.9 Å². The van der Waals surface area contributed by atoms with E-state index in [1.807, 2.05) is 0 Å². The zero-order valence-corrected chi connectivity index (χ0v) is 12.0. The molecule has 0 radical (unpaired) electrons. The Bertz CT molecular complexity index is 484. The summed E-state index contributed by atoms with van der Waals surface area (Å²) in [6, 6.07) is 3.00. The molecule has 19 heavy (non-hydrogen) atoms. The second-order valence-corrected chi connectivity index (χ2v) is 4.95. The molecule has 0 aliphatic rings. The van der Waals surface area contributed by atoms with Crippen LogP contribution in [0.4, 0.5) is 10.5 Å². The minimum atomic E-state index is -1.22. The highest BCUT2D eigenvalue weighted by Crippen LogP contribution is 2.25. The van der Waals surface area contributed by atoms with Crippen molar-refractivity contribution in [1.82, 2.24) is 5.32 Å². The minimum Gasteiger partial charge on any atom is -0.480 e. The number of nitrogens with one attached hydrogen (secondary N) is 2. The summed E-state index contributed by atoms with van der Waals surface area (Å²) in [5, 5.41) is 22.5. The fourth-order valence-electron chi connectivity index (χ4n) is 1.29. The second kappa shape index (κ2) is 7.32. The molecule has 6 nitrogen and oxygen atoms in total. The highest BCUT2D eigenvalue weighted by molar-refractivity contribution is 9.10. The molecule has 1 aromatic carbocycles. The van der Waals surface area contributed by atoms with Crippen molar-refractivity contribution in [1.29, 1.82) is 0 Å². The molecule has 0 aliphatic heterocycles. The molecule has 0 fully saturated rings. The number of benzene rings is 1. The summed E-state index contributed by atoms with van der Waals surface area (Å²) in [6.45, 7) is -0.337. The van der Waals surface area contributed by atoms with Gasteiger partial charge in [-0.15, -0.1) is 0 Å². The Balaban J connectivity index is 2.66. The van der Waals surface area contributed by atoms with Gasteiger partial charge in [-0.25, -0.2) is 9.59 Å². The largest absolute Gasteiger partial charge is 0.480 e. The Kier molecular flexibility index (Phi) is 6.07. The van der Waals surface area contributed by atoms with Gasteiger partial charge in [0.2, 0.25) is 0 Å². The number of carbonyl (C=O) groups is 2. The zero-order chi connectivity index (χ0) is 14.4. The van der Waals surface area contributed by atoms with Gasteiger partial charge in [-0.05, 0) is 18.2 Å². The first-order chi connectivity index (χ1) is 8.93. The van der Waals surface area contributed by atoms with Crippen molar-refractivity contribution in [3.05, 3.63) is 27.7 Å². The average Bonchev–Trinajstić information content (AvgIpc) is 2.32. The van der Waals surface area contributed by atoms with Gasteiger partial charge in [0.25, 0.3) is 0 Å². The van der Waals surface area contributed by atoms with Crippen molar-refractivity contribution >= 4 is 45.2 Å². The van der Waals surface area contributed by atoms with Crippen molar-refractivity contribution < 1.29 is 19.8 Å². The molecule has 104 valence electrons. The number of aliphatic carboxylic acids is 1. The third-order valence-corrected chi connectivity index (χ3v) is 3.01. The molecule has 1 rings (SSSR count). The van der Waals surface area contributed by atoms with Crippen molar-refractivity contribution in [2.45, 2.75) is 12.5 Å². The SMILES string of the molecule is O=C(Nc1ccc(Br)cc1Cl)NC(CCO)C(=O)O. The predicted octanol–water partition coefficient (Wildman–Crippen LogP) is 2.06. The minimum absolute atomic E-state index is 0.0726. The van der Waals surface area contributed by atoms with Crippen molar-refractivity contribution in [3.8, 4) is 0 Å². The Labute approximate surface area is 122 Å². The molecule has 1 aromatic rings. The van der Waals surface area contributed by atoms with E-state index in [0.717, 1.165) is 4.47 Å². The lowest BCUT2D eigenvalue weighted by atomic mass is 10.2. The molecular formula is C11H12BrClN2O4. The fraction of sp³-hybridized carbons (Fsp3) is 0.273. The molecule has 0 spiro atoms. The van der Waals surface area contributed by atoms with E-state index >= 15 is 0 Å². The van der Waals surface area contributed by atoms with E-state index in [1.54, 1.807) is 18.2 Å². The number of urea groups is 1. The van der Waals surface area contributed by atoms with Gasteiger partial charge in [0.15, 0.2) is 0 Å². The number of rotatable bonds is 5. The topological polar surface area (TPSA) is 98.7 Å². The molecule has 0 aliphatic carbocycles. The summed E-state index contributed by atoms with van der Waals surface area (Å²) >= 11 is 9.13. The van der Waals surface area contributed by atoms with Crippen LogP contribution >= 0.6 is 27.5 Å². The number of amides is 2. The van der Waals surface area contributed by atoms with E-state index in [2.05, 4.69) is 26.6 Å². The first-order valence-electron chi connectivity index (χ1n) is 5.30. The van der Waals surface area contributed by atoms with E-state index in [-0.39, 0.29) is 13.0 Å². The number of carboxylic acids is 1. The second-order valence-electron chi connectivity index (χ2n) is 3.63. The predicted molar refractivity (Wildman–Crippen MR) is 74.4 cm³/mol. The van der Waals surface area contributed by atoms with Gasteiger partial charge in [-0.1, -0.05) is 27.5 Å². The van der Waals surface area contributed by atoms with Crippen LogP contribution in [0.25, 0.3) is 0 Å². The summed E-state index contributed by atoms with van der Waals surface area (Å²) in [4.78, 5) is 22.4. The molecule has 8 heteroatoms. The standard InChI is InChI=1S/C11H12BrClN2O4/c12-6-1-2-8(7(13)5-6)14-11(19)15-9(3-4-16)10(17)18/h1-2,5,9,16H,3-4H2,(H,17,18)(H2,14,15,19). The normalized spacial score (nSPS) is 11.7. The molecule has 1 atom stereocenters. The molecule has 0 saturated heterocycles. The van der Waals surface area contributed by atoms with Gasteiger partial charge < -0.3 is 20.8 Å². The van der Waals surface area contributed by atoms with Crippen LogP contribution in [0.5, 0.6) is 0 Å². The Hall–Kier alpha value is -1.31. The van der Waals surface area contributed by atoms with Crippen molar-refractivity contribution in [3.63, 3.8) is 0 Å². The van der Waals surface area contributed by atoms with E-state index in [0.29, 0.717) is 10.7 Å². The number of hydrogen-bond donors (Lipinski definition) is 4. The quantitative estimate of drug-likeness (QED) is 0.652. The number of hydrogen-bond acceptors (Lipinski definition) is 3. The number of aliphatic hydroxyl groups excluding tert-OH is 1. The molecule has 2 amide bonds. The van der Waals surface area contributed by atoms with E-state index in [1.165, 1.54) is 0 Å². The van der Waals surface area contributed by atoms with Gasteiger partial charge in [0.05, 0.1) is 10.7 Å². The van der Waals surface area contributed by atoms with Gasteiger partial charge in [-0.3, -0.25) is 0 Å². The van der Waals surface area contributed by atoms with Crippen LogP contribution in [0.15, 0.2) is 22.7 Å². The van der Waals surface area contributed by atoms with Crippen LogP contribution in [0, 0.1) is 0 Å². The highest BCUT2D eigenvalue weighted by atomic mass is 79.9. The number of anilines is 1. The summed E-state index contributed by atoms with van der Waals surface area (Å²) in [5.74, 6) is -1.22. The van der Waals surface area contributed by atoms with Crippen LogP contribution in [0.1, 0.15) is 6.42 Å². The lowest BCUT2D eigenvalue weighted by Crippen LogP contribution is -2.43. The molecule has 0 saturated carbocycles. The lowest BCUT2D eigenvalue weighted by Gasteiger charge is -2.14. The Morgan fingerprint density at radius 3 is 2.63 bits per heavy atom. The molecule has 0 bridgehead atoms. The smallest absolute Gasteiger partial charge is 0.326 e. The average molecular weight is 352 g/mol. The molecule has 1 unspecified atom stereocenters. The summed E-state index contributed by atoms with van der Waals surface area (Å²) < 4.78 is 0.757. The van der Waals surface area contributed by atoms with E-state index in [9.17, 15) is 9.59 Å². The van der Waals surface area contributed by atoms with E-state index in [4.69, 9.17) is 21.8 Å². The molecule has 0 aromatic heterocycles. The van der Waals surface area contributed by atoms with E-state index < -0.39 is 18.0 Å². The monoisotopic (exact) mass is 350 g/mol. The maximum Gasteiger partial charge on any atom is 0.326 e. The number of halogens is 2. The maximum atomic E-state index is 11.6. The molecule has 4 N–H and O–H groups in total. The van der Waals surface area contributed by atoms with Crippen LogP contribution in [0.2, 0.25) is 5.02 Å². The number of carbonyl (C=O) groups excluding carboxylic acids is 1. The fourth-order valence-corrected chi connectivity index (χ4v) is 2.01. The Morgan fingerprint density at radius 2 is 2.11 bits per heavy atom. The van der Waals surface area contributed by atoms with Gasteiger partial charge in [0, 0.05) is 17.5 Å². The number of aliphatic hydroxyl groups is 1. The van der Waals surface area contributed by atoms with Gasteiger partial charge >= 0.3 is 12.0 Å². The van der Waals surface area contributed by atoms with Gasteiger partial charge in [0.1, 0.15) is 6.04 Å². The maximum absolute atomic E-state index is 11.6. The first-order valence-corrected chi connectivity index (χ1v) is 6.47. The van der Waals surface area contributed by atoms with Crippen LogP contribution in [-0.2, 0) is 4.79 Å². The summed E-state index contributed by atoms with van der Waals surface area (Å²) in [7, 11) is 0. The summed E-state index contributed by atoms with van der Waals surface area (Å²) in [6.07, 6.45) is -0.0726.